The smallest absolute Gasteiger partial charge is 0.305 e. The molecule has 0 spiro atoms. The minimum absolute atomic E-state index is 0.0659. The molecular formula is C26H33FN2O6S. The highest BCUT2D eigenvalue weighted by atomic mass is 32.2. The number of aromatic nitrogens is 1. The van der Waals surface area contributed by atoms with Gasteiger partial charge < -0.3 is 15.3 Å². The first-order chi connectivity index (χ1) is 16.9. The minimum Gasteiger partial charge on any atom is -0.481 e. The van der Waals surface area contributed by atoms with Crippen LogP contribution in [-0.2, 0) is 21.2 Å². The second-order valence-corrected chi connectivity index (χ2v) is 11.4. The molecule has 1 aliphatic heterocycles. The first-order valence-electron chi connectivity index (χ1n) is 12.0. The number of carbonyl (C=O) groups is 1. The van der Waals surface area contributed by atoms with Crippen molar-refractivity contribution in [3.8, 4) is 11.1 Å². The lowest BCUT2D eigenvalue weighted by Gasteiger charge is -2.32. The number of fused-ring (bicyclic) bond motifs is 1. The Balaban J connectivity index is 2.21. The number of benzene rings is 1. The Bertz CT molecular complexity index is 1230. The molecule has 0 amide bonds. The number of aliphatic hydroxyl groups excluding tert-OH is 2. The van der Waals surface area contributed by atoms with E-state index in [0.29, 0.717) is 47.6 Å². The summed E-state index contributed by atoms with van der Waals surface area (Å²) in [5.41, 5.74) is 3.41. The Labute approximate surface area is 211 Å². The van der Waals surface area contributed by atoms with Gasteiger partial charge in [0.1, 0.15) is 11.6 Å². The average Bonchev–Trinajstić information content (AvgIpc) is 2.81. The summed E-state index contributed by atoms with van der Waals surface area (Å²) in [7, 11) is -3.57. The van der Waals surface area contributed by atoms with Gasteiger partial charge in [0.15, 0.2) is 0 Å². The van der Waals surface area contributed by atoms with Crippen LogP contribution in [-0.4, -0.2) is 59.2 Å². The van der Waals surface area contributed by atoms with Gasteiger partial charge in [0.2, 0.25) is 10.0 Å². The predicted octanol–water partition coefficient (Wildman–Crippen LogP) is 3.71. The van der Waals surface area contributed by atoms with E-state index < -0.39 is 40.4 Å². The number of carboxylic acid groups (broad SMARTS) is 1. The van der Waals surface area contributed by atoms with Gasteiger partial charge in [-0.25, -0.2) is 17.8 Å². The van der Waals surface area contributed by atoms with Crippen molar-refractivity contribution in [2.45, 2.75) is 64.6 Å². The molecule has 0 bridgehead atoms. The second kappa shape index (κ2) is 11.5. The number of hydrogen-bond acceptors (Lipinski definition) is 6. The van der Waals surface area contributed by atoms with E-state index in [1.165, 1.54) is 22.5 Å². The van der Waals surface area contributed by atoms with Gasteiger partial charge in [0.25, 0.3) is 0 Å². The van der Waals surface area contributed by atoms with Crippen LogP contribution in [0.25, 0.3) is 17.2 Å². The van der Waals surface area contributed by atoms with E-state index in [0.717, 1.165) is 5.56 Å². The van der Waals surface area contributed by atoms with Crippen molar-refractivity contribution in [2.75, 3.05) is 16.6 Å². The zero-order valence-electron chi connectivity index (χ0n) is 20.7. The van der Waals surface area contributed by atoms with Gasteiger partial charge in [-0.05, 0) is 48.9 Å². The van der Waals surface area contributed by atoms with Crippen molar-refractivity contribution in [1.82, 2.24) is 4.98 Å². The second-order valence-electron chi connectivity index (χ2n) is 9.24. The number of anilines is 1. The molecule has 1 aromatic carbocycles. The van der Waals surface area contributed by atoms with E-state index in [2.05, 4.69) is 0 Å². The first kappa shape index (κ1) is 27.8. The summed E-state index contributed by atoms with van der Waals surface area (Å²) in [6.07, 6.45) is 1.34. The van der Waals surface area contributed by atoms with Crippen LogP contribution in [0.5, 0.6) is 0 Å². The van der Waals surface area contributed by atoms with E-state index in [1.54, 1.807) is 25.1 Å². The molecule has 0 unspecified atom stereocenters. The lowest BCUT2D eigenvalue weighted by atomic mass is 9.87. The van der Waals surface area contributed by atoms with Crippen LogP contribution in [0.4, 0.5) is 10.2 Å². The molecule has 1 aromatic heterocycles. The largest absolute Gasteiger partial charge is 0.481 e. The van der Waals surface area contributed by atoms with Gasteiger partial charge >= 0.3 is 5.97 Å². The summed E-state index contributed by atoms with van der Waals surface area (Å²) in [4.78, 5) is 15.6. The topological polar surface area (TPSA) is 128 Å². The Morgan fingerprint density at radius 3 is 2.47 bits per heavy atom. The molecule has 2 aromatic rings. The molecular weight excluding hydrogens is 487 g/mol. The molecule has 0 saturated carbocycles. The Morgan fingerprint density at radius 2 is 1.89 bits per heavy atom. The standard InChI is InChI=1S/C26H33FN2O6S/c1-4-36(34,35)29-13-5-6-22-24(17-7-9-18(27)10-8-17)21(25(16(2)3)28-26(22)29)12-11-19(30)14-20(31)15-23(32)33/h7-12,16,19-20,30-31H,4-6,13-15H2,1-3H3,(H,32,33)/t19-,20-/m1/s1. The highest BCUT2D eigenvalue weighted by Crippen LogP contribution is 2.41. The quantitative estimate of drug-likeness (QED) is 0.436. The summed E-state index contributed by atoms with van der Waals surface area (Å²) in [5.74, 6) is -1.37. The Morgan fingerprint density at radius 1 is 1.22 bits per heavy atom. The first-order valence-corrected chi connectivity index (χ1v) is 13.6. The SMILES string of the molecule is CCS(=O)(=O)N1CCCc2c1nc(C(C)C)c(C=C[C@@H](O)C[C@@H](O)CC(=O)O)c2-c1ccc(F)cc1. The van der Waals surface area contributed by atoms with Crippen LogP contribution in [0.1, 0.15) is 62.8 Å². The maximum Gasteiger partial charge on any atom is 0.305 e. The van der Waals surface area contributed by atoms with E-state index >= 15 is 0 Å². The molecule has 2 atom stereocenters. The van der Waals surface area contributed by atoms with E-state index in [-0.39, 0.29) is 18.1 Å². The predicted molar refractivity (Wildman–Crippen MR) is 137 cm³/mol. The molecule has 0 radical (unpaired) electrons. The zero-order chi connectivity index (χ0) is 26.6. The number of nitrogens with zero attached hydrogens (tertiary/aromatic N) is 2. The van der Waals surface area contributed by atoms with Crippen molar-refractivity contribution in [3.63, 3.8) is 0 Å². The zero-order valence-corrected chi connectivity index (χ0v) is 21.5. The van der Waals surface area contributed by atoms with Crippen molar-refractivity contribution in [1.29, 1.82) is 0 Å². The lowest BCUT2D eigenvalue weighted by molar-refractivity contribution is -0.139. The number of carboxylic acids is 1. The number of aliphatic hydroxyl groups is 2. The number of rotatable bonds is 10. The number of hydrogen-bond donors (Lipinski definition) is 3. The van der Waals surface area contributed by atoms with E-state index in [4.69, 9.17) is 10.1 Å². The number of pyridine rings is 1. The highest BCUT2D eigenvalue weighted by Gasteiger charge is 2.32. The van der Waals surface area contributed by atoms with Crippen LogP contribution >= 0.6 is 0 Å². The summed E-state index contributed by atoms with van der Waals surface area (Å²) in [6.45, 7) is 5.77. The van der Waals surface area contributed by atoms with Gasteiger partial charge in [-0.1, -0.05) is 38.1 Å². The molecule has 1 aliphatic rings. The molecule has 10 heteroatoms. The monoisotopic (exact) mass is 520 g/mol. The third-order valence-electron chi connectivity index (χ3n) is 6.16. The Hall–Kier alpha value is -2.82. The molecule has 3 rings (SSSR count). The molecule has 196 valence electrons. The summed E-state index contributed by atoms with van der Waals surface area (Å²) >= 11 is 0. The van der Waals surface area contributed by atoms with E-state index in [1.807, 2.05) is 13.8 Å². The van der Waals surface area contributed by atoms with Crippen molar-refractivity contribution < 1.29 is 32.9 Å². The van der Waals surface area contributed by atoms with Crippen molar-refractivity contribution in [2.24, 2.45) is 0 Å². The molecule has 8 nitrogen and oxygen atoms in total. The van der Waals surface area contributed by atoms with Gasteiger partial charge in [-0.3, -0.25) is 9.10 Å². The molecule has 0 aliphatic carbocycles. The van der Waals surface area contributed by atoms with Gasteiger partial charge in [-0.2, -0.15) is 0 Å². The fourth-order valence-corrected chi connectivity index (χ4v) is 5.56. The highest BCUT2D eigenvalue weighted by molar-refractivity contribution is 7.92. The fraction of sp³-hybridized carbons (Fsp3) is 0.462. The van der Waals surface area contributed by atoms with E-state index in [9.17, 15) is 27.8 Å². The lowest BCUT2D eigenvalue weighted by Crippen LogP contribution is -2.38. The van der Waals surface area contributed by atoms with Crippen LogP contribution in [0.15, 0.2) is 30.3 Å². The van der Waals surface area contributed by atoms with Crippen LogP contribution in [0, 0.1) is 5.82 Å². The molecule has 0 fully saturated rings. The summed E-state index contributed by atoms with van der Waals surface area (Å²) < 4.78 is 40.9. The third-order valence-corrected chi connectivity index (χ3v) is 7.91. The average molecular weight is 521 g/mol. The van der Waals surface area contributed by atoms with Crippen LogP contribution < -0.4 is 4.31 Å². The summed E-state index contributed by atoms with van der Waals surface area (Å²) in [6, 6.07) is 5.94. The van der Waals surface area contributed by atoms with Crippen LogP contribution in [0.2, 0.25) is 0 Å². The molecule has 3 N–H and O–H groups in total. The number of sulfonamides is 1. The maximum absolute atomic E-state index is 13.8. The molecule has 2 heterocycles. The van der Waals surface area contributed by atoms with Crippen molar-refractivity contribution in [3.05, 3.63) is 53.0 Å². The fourth-order valence-electron chi connectivity index (χ4n) is 4.42. The van der Waals surface area contributed by atoms with Crippen LogP contribution in [0.3, 0.4) is 0 Å². The van der Waals surface area contributed by atoms with Gasteiger partial charge in [0.05, 0.1) is 30.1 Å². The third kappa shape index (κ3) is 6.29. The summed E-state index contributed by atoms with van der Waals surface area (Å²) in [5, 5.41) is 29.2. The number of aliphatic carboxylic acids is 1. The van der Waals surface area contributed by atoms with Crippen molar-refractivity contribution >= 4 is 27.9 Å². The molecule has 36 heavy (non-hydrogen) atoms. The Kier molecular flexibility index (Phi) is 8.86. The normalized spacial score (nSPS) is 15.8. The van der Waals surface area contributed by atoms with Gasteiger partial charge in [-0.15, -0.1) is 0 Å². The number of halogens is 1. The minimum atomic E-state index is -3.57. The molecule has 0 saturated heterocycles. The van der Waals surface area contributed by atoms with Gasteiger partial charge in [0, 0.05) is 24.1 Å². The maximum atomic E-state index is 13.8.